The van der Waals surface area contributed by atoms with E-state index in [9.17, 15) is 4.79 Å². The van der Waals surface area contributed by atoms with Gasteiger partial charge in [0.1, 0.15) is 0 Å². The lowest BCUT2D eigenvalue weighted by molar-refractivity contribution is -0.132. The van der Waals surface area contributed by atoms with Crippen LogP contribution in [0.3, 0.4) is 0 Å². The Morgan fingerprint density at radius 2 is 2.07 bits per heavy atom. The van der Waals surface area contributed by atoms with Crippen LogP contribution >= 0.6 is 0 Å². The Kier molecular flexibility index (Phi) is 6.36. The van der Waals surface area contributed by atoms with Gasteiger partial charge in [-0.05, 0) is 6.42 Å². The molecular weight excluding hydrogens is 192 g/mol. The zero-order valence-electron chi connectivity index (χ0n) is 9.63. The summed E-state index contributed by atoms with van der Waals surface area (Å²) in [5, 5.41) is 3.23. The van der Waals surface area contributed by atoms with Crippen molar-refractivity contribution < 1.29 is 9.53 Å². The Hall–Kier alpha value is -0.610. The predicted octanol–water partition coefficient (Wildman–Crippen LogP) is 0.625. The first-order valence-corrected chi connectivity index (χ1v) is 5.91. The van der Waals surface area contributed by atoms with Crippen LogP contribution in [0.15, 0.2) is 0 Å². The van der Waals surface area contributed by atoms with Crippen LogP contribution in [-0.2, 0) is 9.53 Å². The van der Waals surface area contributed by atoms with Gasteiger partial charge in [0, 0.05) is 32.8 Å². The molecule has 1 rings (SSSR count). The summed E-state index contributed by atoms with van der Waals surface area (Å²) in [6.45, 7) is 7.01. The van der Waals surface area contributed by atoms with Gasteiger partial charge in [0.05, 0.1) is 13.0 Å². The Bertz CT molecular complexity index is 179. The molecule has 0 aromatic heterocycles. The fraction of sp³-hybridized carbons (Fsp3) is 0.909. The van der Waals surface area contributed by atoms with E-state index in [0.717, 1.165) is 45.6 Å². The van der Waals surface area contributed by atoms with E-state index in [1.807, 2.05) is 4.90 Å². The van der Waals surface area contributed by atoms with Gasteiger partial charge < -0.3 is 15.0 Å². The van der Waals surface area contributed by atoms with Crippen LogP contribution in [0.2, 0.25) is 0 Å². The average molecular weight is 214 g/mol. The molecule has 4 nitrogen and oxygen atoms in total. The number of rotatable bonds is 6. The normalized spacial score (nSPS) is 16.7. The summed E-state index contributed by atoms with van der Waals surface area (Å²) >= 11 is 0. The van der Waals surface area contributed by atoms with E-state index in [2.05, 4.69) is 12.2 Å². The highest BCUT2D eigenvalue weighted by molar-refractivity contribution is 5.76. The molecule has 0 spiro atoms. The van der Waals surface area contributed by atoms with Crippen LogP contribution in [0, 0.1) is 0 Å². The van der Waals surface area contributed by atoms with E-state index in [1.54, 1.807) is 0 Å². The minimum Gasteiger partial charge on any atom is -0.381 e. The lowest BCUT2D eigenvalue weighted by Gasteiger charge is -2.27. The first kappa shape index (κ1) is 12.5. The number of hydrogen-bond donors (Lipinski definition) is 1. The van der Waals surface area contributed by atoms with E-state index in [0.29, 0.717) is 13.0 Å². The first-order chi connectivity index (χ1) is 7.34. The van der Waals surface area contributed by atoms with Crippen LogP contribution < -0.4 is 5.32 Å². The number of unbranched alkanes of at least 4 members (excludes halogenated alkanes) is 1. The fourth-order valence-electron chi connectivity index (χ4n) is 1.58. The second-order valence-electron chi connectivity index (χ2n) is 3.85. The molecule has 88 valence electrons. The zero-order valence-corrected chi connectivity index (χ0v) is 9.63. The third-order valence-electron chi connectivity index (χ3n) is 2.57. The molecule has 1 aliphatic rings. The number of ether oxygens (including phenoxy) is 1. The van der Waals surface area contributed by atoms with Gasteiger partial charge in [0.15, 0.2) is 0 Å². The molecule has 1 aliphatic heterocycles. The summed E-state index contributed by atoms with van der Waals surface area (Å²) in [6, 6.07) is 0. The second-order valence-corrected chi connectivity index (χ2v) is 3.85. The molecule has 0 aromatic carbocycles. The number of amides is 1. The monoisotopic (exact) mass is 214 g/mol. The maximum atomic E-state index is 11.6. The SMILES string of the molecule is CCCCOCCC(=O)N1CCNCC1. The third kappa shape index (κ3) is 5.14. The first-order valence-electron chi connectivity index (χ1n) is 5.91. The standard InChI is InChI=1S/C11H22N2O2/c1-2-3-9-15-10-4-11(14)13-7-5-12-6-8-13/h12H,2-10H2,1H3. The molecule has 0 radical (unpaired) electrons. The van der Waals surface area contributed by atoms with Crippen molar-refractivity contribution in [3.05, 3.63) is 0 Å². The van der Waals surface area contributed by atoms with Crippen molar-refractivity contribution >= 4 is 5.91 Å². The number of nitrogens with one attached hydrogen (secondary N) is 1. The minimum absolute atomic E-state index is 0.230. The van der Waals surface area contributed by atoms with Crippen molar-refractivity contribution in [3.8, 4) is 0 Å². The predicted molar refractivity (Wildman–Crippen MR) is 59.8 cm³/mol. The quantitative estimate of drug-likeness (QED) is 0.659. The topological polar surface area (TPSA) is 41.6 Å². The number of carbonyl (C=O) groups is 1. The van der Waals surface area contributed by atoms with Gasteiger partial charge in [0.25, 0.3) is 0 Å². The van der Waals surface area contributed by atoms with Crippen LogP contribution in [0.1, 0.15) is 26.2 Å². The summed E-state index contributed by atoms with van der Waals surface area (Å²) in [6.07, 6.45) is 2.76. The van der Waals surface area contributed by atoms with Gasteiger partial charge >= 0.3 is 0 Å². The number of nitrogens with zero attached hydrogens (tertiary/aromatic N) is 1. The zero-order chi connectivity index (χ0) is 10.9. The number of hydrogen-bond acceptors (Lipinski definition) is 3. The summed E-state index contributed by atoms with van der Waals surface area (Å²) in [4.78, 5) is 13.6. The van der Waals surface area contributed by atoms with Gasteiger partial charge in [0.2, 0.25) is 5.91 Å². The summed E-state index contributed by atoms with van der Waals surface area (Å²) in [5.41, 5.74) is 0. The van der Waals surface area contributed by atoms with E-state index in [1.165, 1.54) is 0 Å². The van der Waals surface area contributed by atoms with Crippen molar-refractivity contribution in [2.45, 2.75) is 26.2 Å². The Morgan fingerprint density at radius 3 is 2.73 bits per heavy atom. The van der Waals surface area contributed by atoms with E-state index >= 15 is 0 Å². The van der Waals surface area contributed by atoms with E-state index in [4.69, 9.17) is 4.74 Å². The van der Waals surface area contributed by atoms with Crippen molar-refractivity contribution in [2.75, 3.05) is 39.4 Å². The third-order valence-corrected chi connectivity index (χ3v) is 2.57. The van der Waals surface area contributed by atoms with Gasteiger partial charge in [-0.1, -0.05) is 13.3 Å². The van der Waals surface area contributed by atoms with Crippen molar-refractivity contribution in [1.29, 1.82) is 0 Å². The fourth-order valence-corrected chi connectivity index (χ4v) is 1.58. The van der Waals surface area contributed by atoms with Crippen LogP contribution in [-0.4, -0.2) is 50.2 Å². The molecule has 0 atom stereocenters. The Morgan fingerprint density at radius 1 is 1.33 bits per heavy atom. The maximum absolute atomic E-state index is 11.6. The molecule has 1 fully saturated rings. The lowest BCUT2D eigenvalue weighted by Crippen LogP contribution is -2.46. The van der Waals surface area contributed by atoms with Gasteiger partial charge in [-0.25, -0.2) is 0 Å². The molecule has 15 heavy (non-hydrogen) atoms. The van der Waals surface area contributed by atoms with Crippen LogP contribution in [0.4, 0.5) is 0 Å². The summed E-state index contributed by atoms with van der Waals surface area (Å²) in [7, 11) is 0. The second kappa shape index (κ2) is 7.65. The molecule has 4 heteroatoms. The molecule has 0 unspecified atom stereocenters. The Labute approximate surface area is 92.0 Å². The van der Waals surface area contributed by atoms with E-state index < -0.39 is 0 Å². The number of carbonyl (C=O) groups excluding carboxylic acids is 1. The average Bonchev–Trinajstić information content (AvgIpc) is 2.30. The van der Waals surface area contributed by atoms with Crippen LogP contribution in [0.25, 0.3) is 0 Å². The Balaban J connectivity index is 2.02. The molecule has 1 saturated heterocycles. The van der Waals surface area contributed by atoms with Gasteiger partial charge in [-0.3, -0.25) is 4.79 Å². The minimum atomic E-state index is 0.230. The molecule has 0 aliphatic carbocycles. The summed E-state index contributed by atoms with van der Waals surface area (Å²) < 4.78 is 5.37. The van der Waals surface area contributed by atoms with Crippen molar-refractivity contribution in [1.82, 2.24) is 10.2 Å². The smallest absolute Gasteiger partial charge is 0.224 e. The molecular formula is C11H22N2O2. The van der Waals surface area contributed by atoms with E-state index in [-0.39, 0.29) is 5.91 Å². The van der Waals surface area contributed by atoms with Crippen molar-refractivity contribution in [3.63, 3.8) is 0 Å². The number of piperazine rings is 1. The summed E-state index contributed by atoms with van der Waals surface area (Å²) in [5.74, 6) is 0.230. The van der Waals surface area contributed by atoms with Gasteiger partial charge in [-0.15, -0.1) is 0 Å². The molecule has 0 bridgehead atoms. The maximum Gasteiger partial charge on any atom is 0.224 e. The van der Waals surface area contributed by atoms with Crippen molar-refractivity contribution in [2.24, 2.45) is 0 Å². The lowest BCUT2D eigenvalue weighted by atomic mass is 10.3. The molecule has 1 heterocycles. The van der Waals surface area contributed by atoms with Gasteiger partial charge in [-0.2, -0.15) is 0 Å². The molecule has 1 amide bonds. The highest BCUT2D eigenvalue weighted by atomic mass is 16.5. The highest BCUT2D eigenvalue weighted by Crippen LogP contribution is 1.98. The van der Waals surface area contributed by atoms with Crippen LogP contribution in [0.5, 0.6) is 0 Å². The highest BCUT2D eigenvalue weighted by Gasteiger charge is 2.15. The molecule has 1 N–H and O–H groups in total. The molecule has 0 aromatic rings. The largest absolute Gasteiger partial charge is 0.381 e. The molecule has 0 saturated carbocycles.